The third-order valence-electron chi connectivity index (χ3n) is 7.78. The number of nitrogens with zero attached hydrogens (tertiary/aromatic N) is 1. The molecule has 222 valence electrons. The topological polar surface area (TPSA) is 3.24 Å². The molecule has 0 aromatic heterocycles. The number of para-hydroxylation sites is 2. The molecule has 0 aliphatic heterocycles. The lowest BCUT2D eigenvalue weighted by Crippen LogP contribution is -2.18. The molecule has 0 spiro atoms. The number of anilines is 2. The van der Waals surface area contributed by atoms with Crippen LogP contribution in [0, 0.1) is 0 Å². The summed E-state index contributed by atoms with van der Waals surface area (Å²) in [5.41, 5.74) is 6.71. The average molecular weight is 643 g/mol. The van der Waals surface area contributed by atoms with Crippen LogP contribution in [0.15, 0.2) is 121 Å². The largest absolute Gasteiger partial charge is 0.341 e. The van der Waals surface area contributed by atoms with Gasteiger partial charge in [0.2, 0.25) is 0 Å². The zero-order valence-corrected chi connectivity index (χ0v) is 28.0. The van der Waals surface area contributed by atoms with Crippen molar-refractivity contribution in [3.05, 3.63) is 132 Å². The Morgan fingerprint density at radius 3 is 1.64 bits per heavy atom. The van der Waals surface area contributed by atoms with E-state index < -0.39 is 0 Å². The molecule has 0 amide bonds. The van der Waals surface area contributed by atoms with Crippen LogP contribution in [0.1, 0.15) is 69.4 Å². The minimum Gasteiger partial charge on any atom is -0.341 e. The van der Waals surface area contributed by atoms with Crippen LogP contribution >= 0.6 is 24.9 Å². The number of hydrogen-bond donors (Lipinski definition) is 0. The van der Waals surface area contributed by atoms with Crippen LogP contribution in [-0.2, 0) is 0 Å². The molecule has 4 aromatic rings. The molecule has 0 heterocycles. The highest BCUT2D eigenvalue weighted by molar-refractivity contribution is 8.93. The Morgan fingerprint density at radius 2 is 1.07 bits per heavy atom. The number of hydrogen-bond acceptors (Lipinski definition) is 1. The van der Waals surface area contributed by atoms with E-state index in [1.54, 1.807) is 0 Å². The highest BCUT2D eigenvalue weighted by atomic mass is 79.9. The second-order valence-corrected chi connectivity index (χ2v) is 13.7. The standard InChI is InChI=1S/C39H48NP.BrH/c1-2-3-31-41(33-20-18-30-40(38-26-14-6-15-27-38)39-28-16-7-17-29-39)32-19-8-13-25-37(36-23-11-5-12-24-36)34-35-21-9-4-10-22-35;/h4-7,9-12,14-17,21-24,26-29,34H,2-3,8,13,18-20,25,30-33H2,1H3;1H. The lowest BCUT2D eigenvalue weighted by molar-refractivity contribution is 0.735. The average Bonchev–Trinajstić information content (AvgIpc) is 3.04. The van der Waals surface area contributed by atoms with Crippen molar-refractivity contribution in [1.29, 1.82) is 0 Å². The molecular formula is C39H49BrNP. The molecule has 42 heavy (non-hydrogen) atoms. The quantitative estimate of drug-likeness (QED) is 0.0593. The molecular weight excluding hydrogens is 593 g/mol. The summed E-state index contributed by atoms with van der Waals surface area (Å²) >= 11 is 0. The van der Waals surface area contributed by atoms with Gasteiger partial charge in [-0.3, -0.25) is 0 Å². The Morgan fingerprint density at radius 1 is 0.571 bits per heavy atom. The summed E-state index contributed by atoms with van der Waals surface area (Å²) in [6.07, 6.45) is 17.1. The van der Waals surface area contributed by atoms with Crippen molar-refractivity contribution in [2.24, 2.45) is 0 Å². The lowest BCUT2D eigenvalue weighted by Gasteiger charge is -2.25. The van der Waals surface area contributed by atoms with Gasteiger partial charge in [0, 0.05) is 17.9 Å². The molecule has 0 N–H and O–H groups in total. The van der Waals surface area contributed by atoms with Crippen molar-refractivity contribution >= 4 is 47.9 Å². The van der Waals surface area contributed by atoms with Gasteiger partial charge in [0.1, 0.15) is 0 Å². The maximum absolute atomic E-state index is 2.49. The Labute approximate surface area is 267 Å². The predicted octanol–water partition coefficient (Wildman–Crippen LogP) is 12.3. The number of benzene rings is 4. The van der Waals surface area contributed by atoms with Gasteiger partial charge >= 0.3 is 0 Å². The van der Waals surface area contributed by atoms with Crippen molar-refractivity contribution in [1.82, 2.24) is 0 Å². The zero-order chi connectivity index (χ0) is 28.4. The van der Waals surface area contributed by atoms with Crippen molar-refractivity contribution in [2.45, 2.75) is 58.3 Å². The van der Waals surface area contributed by atoms with E-state index in [-0.39, 0.29) is 24.9 Å². The van der Waals surface area contributed by atoms with Crippen LogP contribution in [0.2, 0.25) is 0 Å². The molecule has 1 nitrogen and oxygen atoms in total. The number of allylic oxidation sites excluding steroid dienone is 1. The van der Waals surface area contributed by atoms with Gasteiger partial charge in [-0.1, -0.05) is 123 Å². The van der Waals surface area contributed by atoms with Gasteiger partial charge in [-0.15, -0.1) is 24.9 Å². The minimum atomic E-state index is 0. The van der Waals surface area contributed by atoms with Crippen LogP contribution in [0.4, 0.5) is 11.4 Å². The van der Waals surface area contributed by atoms with E-state index in [1.807, 2.05) is 0 Å². The second kappa shape index (κ2) is 20.3. The first-order chi connectivity index (χ1) is 20.3. The molecule has 1 atom stereocenters. The molecule has 0 aliphatic carbocycles. The van der Waals surface area contributed by atoms with Crippen LogP contribution in [0.3, 0.4) is 0 Å². The van der Waals surface area contributed by atoms with E-state index in [4.69, 9.17) is 0 Å². The first kappa shape index (κ1) is 33.8. The number of unbranched alkanes of at least 4 members (excludes halogenated alkanes) is 4. The molecule has 0 fully saturated rings. The first-order valence-corrected chi connectivity index (χ1v) is 17.6. The lowest BCUT2D eigenvalue weighted by atomic mass is 9.97. The maximum atomic E-state index is 2.49. The van der Waals surface area contributed by atoms with E-state index in [1.165, 1.54) is 91.5 Å². The fraction of sp³-hybridized carbons (Fsp3) is 0.333. The molecule has 0 radical (unpaired) electrons. The summed E-state index contributed by atoms with van der Waals surface area (Å²) in [6.45, 7) is 3.43. The molecule has 3 heteroatoms. The van der Waals surface area contributed by atoms with Gasteiger partial charge < -0.3 is 4.90 Å². The molecule has 0 saturated heterocycles. The van der Waals surface area contributed by atoms with Gasteiger partial charge in [0.05, 0.1) is 0 Å². The Kier molecular flexibility index (Phi) is 16.3. The van der Waals surface area contributed by atoms with Gasteiger partial charge in [-0.05, 0) is 98.0 Å². The molecule has 0 bridgehead atoms. The highest BCUT2D eigenvalue weighted by Crippen LogP contribution is 2.39. The molecule has 0 aliphatic rings. The van der Waals surface area contributed by atoms with Crippen molar-refractivity contribution < 1.29 is 0 Å². The van der Waals surface area contributed by atoms with E-state index in [9.17, 15) is 0 Å². The van der Waals surface area contributed by atoms with Crippen LogP contribution in [0.5, 0.6) is 0 Å². The summed E-state index contributed by atoms with van der Waals surface area (Å²) in [5, 5.41) is 0. The fourth-order valence-corrected chi connectivity index (χ4v) is 8.25. The van der Waals surface area contributed by atoms with Crippen molar-refractivity contribution in [3.8, 4) is 0 Å². The Hall–Kier alpha value is -2.67. The van der Waals surface area contributed by atoms with E-state index in [0.717, 1.165) is 13.0 Å². The number of halogens is 1. The zero-order valence-electron chi connectivity index (χ0n) is 25.4. The highest BCUT2D eigenvalue weighted by Gasteiger charge is 2.11. The molecule has 0 saturated carbocycles. The summed E-state index contributed by atoms with van der Waals surface area (Å²) in [5.74, 6) is 0. The molecule has 4 rings (SSSR count). The smallest absolute Gasteiger partial charge is 0.0410 e. The fourth-order valence-electron chi connectivity index (χ4n) is 5.48. The predicted molar refractivity (Wildman–Crippen MR) is 195 cm³/mol. The van der Waals surface area contributed by atoms with E-state index in [0.29, 0.717) is 0 Å². The van der Waals surface area contributed by atoms with Crippen molar-refractivity contribution in [3.63, 3.8) is 0 Å². The Balaban J connectivity index is 0.00000484. The SMILES string of the molecule is Br.CCCCP(CCCCCC(=Cc1ccccc1)c1ccccc1)CCCCN(c1ccccc1)c1ccccc1. The molecule has 4 aromatic carbocycles. The summed E-state index contributed by atoms with van der Waals surface area (Å²) in [7, 11) is 0.145. The van der Waals surface area contributed by atoms with Gasteiger partial charge in [-0.25, -0.2) is 0 Å². The summed E-state index contributed by atoms with van der Waals surface area (Å²) < 4.78 is 0. The van der Waals surface area contributed by atoms with Crippen LogP contribution in [0.25, 0.3) is 11.6 Å². The minimum absolute atomic E-state index is 0. The van der Waals surface area contributed by atoms with Crippen LogP contribution in [-0.4, -0.2) is 25.0 Å². The third kappa shape index (κ3) is 11.9. The van der Waals surface area contributed by atoms with Gasteiger partial charge in [0.15, 0.2) is 0 Å². The third-order valence-corrected chi connectivity index (χ3v) is 10.6. The monoisotopic (exact) mass is 641 g/mol. The second-order valence-electron chi connectivity index (χ2n) is 11.0. The summed E-state index contributed by atoms with van der Waals surface area (Å²) in [4.78, 5) is 2.49. The van der Waals surface area contributed by atoms with Gasteiger partial charge in [0.25, 0.3) is 0 Å². The van der Waals surface area contributed by atoms with E-state index >= 15 is 0 Å². The summed E-state index contributed by atoms with van der Waals surface area (Å²) in [6, 6.07) is 43.5. The number of rotatable bonds is 18. The van der Waals surface area contributed by atoms with Crippen molar-refractivity contribution in [2.75, 3.05) is 29.9 Å². The maximum Gasteiger partial charge on any atom is 0.0410 e. The first-order valence-electron chi connectivity index (χ1n) is 15.7. The van der Waals surface area contributed by atoms with Crippen LogP contribution < -0.4 is 4.90 Å². The van der Waals surface area contributed by atoms with Gasteiger partial charge in [-0.2, -0.15) is 0 Å². The Bertz CT molecular complexity index is 1210. The molecule has 1 unspecified atom stereocenters. The normalized spacial score (nSPS) is 12.0. The van der Waals surface area contributed by atoms with E-state index in [2.05, 4.69) is 139 Å².